The van der Waals surface area contributed by atoms with E-state index in [1.807, 2.05) is 24.3 Å². The molecule has 31 heavy (non-hydrogen) atoms. The number of hydrogen-bond donors (Lipinski definition) is 0. The second-order valence-electron chi connectivity index (χ2n) is 6.86. The Labute approximate surface area is 182 Å². The minimum absolute atomic E-state index is 0.0572. The van der Waals surface area contributed by atoms with Gasteiger partial charge >= 0.3 is 5.97 Å². The van der Waals surface area contributed by atoms with Crippen LogP contribution in [0, 0.1) is 11.3 Å². The number of carbonyl (C=O) groups excluding carboxylic acids is 1. The molecule has 0 aliphatic carbocycles. The maximum atomic E-state index is 12.7. The molecule has 0 atom stereocenters. The Morgan fingerprint density at radius 2 is 1.58 bits per heavy atom. The monoisotopic (exact) mass is 437 g/mol. The maximum Gasteiger partial charge on any atom is 0.360 e. The number of benzene rings is 2. The molecule has 160 valence electrons. The van der Waals surface area contributed by atoms with Crippen molar-refractivity contribution in [1.29, 1.82) is 5.26 Å². The summed E-state index contributed by atoms with van der Waals surface area (Å²) >= 11 is 0. The number of carbonyl (C=O) groups is 1. The summed E-state index contributed by atoms with van der Waals surface area (Å²) in [6.45, 7) is 4.22. The zero-order chi connectivity index (χ0) is 22.6. The average molecular weight is 438 g/mol. The van der Waals surface area contributed by atoms with Crippen molar-refractivity contribution in [2.45, 2.75) is 18.7 Å². The van der Waals surface area contributed by atoms with Gasteiger partial charge in [0.05, 0.1) is 11.6 Å². The largest absolute Gasteiger partial charge is 0.422 e. The Morgan fingerprint density at radius 3 is 2.10 bits per heavy atom. The van der Waals surface area contributed by atoms with E-state index in [9.17, 15) is 13.2 Å². The van der Waals surface area contributed by atoms with Crippen molar-refractivity contribution in [3.63, 3.8) is 0 Å². The summed E-state index contributed by atoms with van der Waals surface area (Å²) in [6.07, 6.45) is 1.41. The molecule has 0 amide bonds. The molecule has 3 aromatic rings. The van der Waals surface area contributed by atoms with Gasteiger partial charge < -0.3 is 9.30 Å². The van der Waals surface area contributed by atoms with Crippen LogP contribution in [-0.4, -0.2) is 36.3 Å². The van der Waals surface area contributed by atoms with Gasteiger partial charge in [-0.15, -0.1) is 0 Å². The van der Waals surface area contributed by atoms with E-state index in [0.29, 0.717) is 24.4 Å². The minimum Gasteiger partial charge on any atom is -0.422 e. The van der Waals surface area contributed by atoms with Crippen molar-refractivity contribution in [2.24, 2.45) is 7.05 Å². The second kappa shape index (κ2) is 9.16. The Bertz CT molecular complexity index is 1220. The Balaban J connectivity index is 1.77. The minimum atomic E-state index is -3.67. The summed E-state index contributed by atoms with van der Waals surface area (Å²) in [5, 5.41) is 8.90. The second-order valence-corrected chi connectivity index (χ2v) is 8.80. The van der Waals surface area contributed by atoms with Crippen molar-refractivity contribution in [1.82, 2.24) is 8.87 Å². The third kappa shape index (κ3) is 4.68. The van der Waals surface area contributed by atoms with Crippen LogP contribution in [-0.2, 0) is 17.1 Å². The van der Waals surface area contributed by atoms with Crippen LogP contribution in [0.3, 0.4) is 0 Å². The fourth-order valence-corrected chi connectivity index (χ4v) is 4.73. The van der Waals surface area contributed by atoms with Crippen molar-refractivity contribution < 1.29 is 17.9 Å². The molecule has 0 fully saturated rings. The van der Waals surface area contributed by atoms with Crippen molar-refractivity contribution in [3.8, 4) is 22.9 Å². The maximum absolute atomic E-state index is 12.7. The lowest BCUT2D eigenvalue weighted by molar-refractivity contribution is 0.0725. The number of aryl methyl sites for hydroxylation is 1. The van der Waals surface area contributed by atoms with Gasteiger partial charge in [0.15, 0.2) is 0 Å². The van der Waals surface area contributed by atoms with E-state index < -0.39 is 16.0 Å². The normalized spacial score (nSPS) is 11.3. The van der Waals surface area contributed by atoms with Crippen LogP contribution in [0.15, 0.2) is 65.7 Å². The third-order valence-corrected chi connectivity index (χ3v) is 6.96. The lowest BCUT2D eigenvalue weighted by atomic mass is 10.0. The molecule has 3 rings (SSSR count). The molecule has 8 heteroatoms. The van der Waals surface area contributed by atoms with Crippen LogP contribution in [0.1, 0.15) is 29.9 Å². The number of sulfonamides is 1. The van der Waals surface area contributed by atoms with E-state index in [1.54, 1.807) is 45.2 Å². The van der Waals surface area contributed by atoms with Crippen LogP contribution >= 0.6 is 0 Å². The van der Waals surface area contributed by atoms with E-state index in [0.717, 1.165) is 11.1 Å². The van der Waals surface area contributed by atoms with Crippen molar-refractivity contribution >= 4 is 16.0 Å². The number of ether oxygens (including phenoxy) is 1. The van der Waals surface area contributed by atoms with Gasteiger partial charge in [-0.25, -0.2) is 13.2 Å². The molecular formula is C23H23N3O4S. The molecule has 0 unspecified atom stereocenters. The van der Waals surface area contributed by atoms with E-state index in [-0.39, 0.29) is 10.6 Å². The molecule has 2 aromatic carbocycles. The van der Waals surface area contributed by atoms with Crippen LogP contribution in [0.5, 0.6) is 5.75 Å². The Hall–Kier alpha value is -3.41. The van der Waals surface area contributed by atoms with E-state index in [4.69, 9.17) is 10.00 Å². The molecule has 0 aliphatic heterocycles. The first-order valence-electron chi connectivity index (χ1n) is 9.79. The zero-order valence-corrected chi connectivity index (χ0v) is 18.4. The predicted molar refractivity (Wildman–Crippen MR) is 117 cm³/mol. The Kier molecular flexibility index (Phi) is 6.59. The number of nitriles is 1. The molecule has 0 bridgehead atoms. The first kappa shape index (κ1) is 22.3. The summed E-state index contributed by atoms with van der Waals surface area (Å²) < 4.78 is 33.6. The predicted octanol–water partition coefficient (Wildman–Crippen LogP) is 3.81. The van der Waals surface area contributed by atoms with Gasteiger partial charge in [-0.05, 0) is 41.5 Å². The van der Waals surface area contributed by atoms with E-state index >= 15 is 0 Å². The zero-order valence-electron chi connectivity index (χ0n) is 17.6. The SMILES string of the molecule is CCN(CC)S(=O)(=O)c1cc(C(=O)Oc2ccc(-c3ccc(C#N)cc3)cc2)n(C)c1. The summed E-state index contributed by atoms with van der Waals surface area (Å²) in [4.78, 5) is 12.7. The summed E-state index contributed by atoms with van der Waals surface area (Å²) in [5.41, 5.74) is 2.57. The highest BCUT2D eigenvalue weighted by molar-refractivity contribution is 7.89. The highest BCUT2D eigenvalue weighted by Gasteiger charge is 2.26. The fraction of sp³-hybridized carbons (Fsp3) is 0.217. The van der Waals surface area contributed by atoms with Crippen molar-refractivity contribution in [3.05, 3.63) is 72.1 Å². The van der Waals surface area contributed by atoms with Crippen LogP contribution < -0.4 is 4.74 Å². The van der Waals surface area contributed by atoms with Gasteiger partial charge in [-0.3, -0.25) is 0 Å². The molecule has 0 saturated carbocycles. The molecule has 0 aliphatic rings. The number of aromatic nitrogens is 1. The molecule has 1 aromatic heterocycles. The topological polar surface area (TPSA) is 92.4 Å². The van der Waals surface area contributed by atoms with Gasteiger partial charge in [-0.1, -0.05) is 38.1 Å². The number of nitrogens with zero attached hydrogens (tertiary/aromatic N) is 3. The van der Waals surface area contributed by atoms with Crippen LogP contribution in [0.2, 0.25) is 0 Å². The average Bonchev–Trinajstić information content (AvgIpc) is 3.18. The Morgan fingerprint density at radius 1 is 1.03 bits per heavy atom. The van der Waals surface area contributed by atoms with Crippen LogP contribution in [0.25, 0.3) is 11.1 Å². The van der Waals surface area contributed by atoms with Gasteiger partial charge in [0.2, 0.25) is 10.0 Å². The number of hydrogen-bond acceptors (Lipinski definition) is 5. The lowest BCUT2D eigenvalue weighted by Gasteiger charge is -2.17. The summed E-state index contributed by atoms with van der Waals surface area (Å²) in [6, 6.07) is 17.5. The molecule has 0 saturated heterocycles. The molecule has 1 heterocycles. The third-order valence-electron chi connectivity index (χ3n) is 4.94. The van der Waals surface area contributed by atoms with Crippen LogP contribution in [0.4, 0.5) is 0 Å². The summed E-state index contributed by atoms with van der Waals surface area (Å²) in [5.74, 6) is -0.300. The quantitative estimate of drug-likeness (QED) is 0.414. The lowest BCUT2D eigenvalue weighted by Crippen LogP contribution is -2.30. The molecule has 0 radical (unpaired) electrons. The van der Waals surface area contributed by atoms with Gasteiger partial charge in [0, 0.05) is 26.3 Å². The van der Waals surface area contributed by atoms with Gasteiger partial charge in [-0.2, -0.15) is 9.57 Å². The first-order valence-corrected chi connectivity index (χ1v) is 11.2. The highest BCUT2D eigenvalue weighted by Crippen LogP contribution is 2.24. The summed E-state index contributed by atoms with van der Waals surface area (Å²) in [7, 11) is -2.06. The van der Waals surface area contributed by atoms with E-state index in [2.05, 4.69) is 6.07 Å². The van der Waals surface area contributed by atoms with E-state index in [1.165, 1.54) is 21.1 Å². The highest BCUT2D eigenvalue weighted by atomic mass is 32.2. The molecular weight excluding hydrogens is 414 g/mol. The molecule has 0 N–H and O–H groups in total. The number of esters is 1. The smallest absolute Gasteiger partial charge is 0.360 e. The molecule has 7 nitrogen and oxygen atoms in total. The first-order chi connectivity index (χ1) is 14.8. The standard InChI is InChI=1S/C23H23N3O4S/c1-4-26(5-2)31(28,29)21-14-22(25(3)16-21)23(27)30-20-12-10-19(11-13-20)18-8-6-17(15-24)7-9-18/h6-14,16H,4-5H2,1-3H3. The van der Waals surface area contributed by atoms with Gasteiger partial charge in [0.25, 0.3) is 0 Å². The molecule has 0 spiro atoms. The van der Waals surface area contributed by atoms with Gasteiger partial charge in [0.1, 0.15) is 16.3 Å². The van der Waals surface area contributed by atoms with Crippen molar-refractivity contribution in [2.75, 3.05) is 13.1 Å². The fourth-order valence-electron chi connectivity index (χ4n) is 3.20. The number of rotatable bonds is 7.